The van der Waals surface area contributed by atoms with Gasteiger partial charge < -0.3 is 20.3 Å². The summed E-state index contributed by atoms with van der Waals surface area (Å²) in [5.74, 6) is 0.112. The Morgan fingerprint density at radius 2 is 1.74 bits per heavy atom. The summed E-state index contributed by atoms with van der Waals surface area (Å²) in [7, 11) is 0. The van der Waals surface area contributed by atoms with Gasteiger partial charge in [-0.25, -0.2) is 0 Å². The number of rotatable bonds is 10. The van der Waals surface area contributed by atoms with Gasteiger partial charge in [0.25, 0.3) is 5.91 Å². The molecule has 0 saturated carbocycles. The molecule has 0 aliphatic carbocycles. The van der Waals surface area contributed by atoms with Crippen LogP contribution >= 0.6 is 11.6 Å². The maximum atomic E-state index is 13.5. The van der Waals surface area contributed by atoms with Gasteiger partial charge in [0.1, 0.15) is 12.4 Å². The van der Waals surface area contributed by atoms with Gasteiger partial charge >= 0.3 is 0 Å². The lowest BCUT2D eigenvalue weighted by atomic mass is 10.1. The molecule has 0 aliphatic heterocycles. The molecule has 3 rings (SSSR count). The van der Waals surface area contributed by atoms with Gasteiger partial charge in [-0.1, -0.05) is 29.8 Å². The van der Waals surface area contributed by atoms with Crippen LogP contribution in [0, 0.1) is 0 Å². The van der Waals surface area contributed by atoms with E-state index in [0.717, 1.165) is 5.69 Å². The lowest BCUT2D eigenvalue weighted by Gasteiger charge is -2.25. The third kappa shape index (κ3) is 8.61. The number of carbonyl (C=O) groups is 2. The molecule has 0 unspecified atom stereocenters. The number of benzene rings is 2. The van der Waals surface area contributed by atoms with E-state index in [1.165, 1.54) is 0 Å². The molecule has 2 amide bonds. The fourth-order valence-electron chi connectivity index (χ4n) is 3.41. The summed E-state index contributed by atoms with van der Waals surface area (Å²) in [5, 5.41) is 6.57. The molecule has 1 aromatic heterocycles. The van der Waals surface area contributed by atoms with E-state index >= 15 is 0 Å². The Labute approximate surface area is 211 Å². The summed E-state index contributed by atoms with van der Waals surface area (Å²) in [4.78, 5) is 31.5. The first-order valence-electron chi connectivity index (χ1n) is 11.5. The van der Waals surface area contributed by atoms with Crippen molar-refractivity contribution in [1.82, 2.24) is 10.3 Å². The maximum absolute atomic E-state index is 13.5. The van der Waals surface area contributed by atoms with Crippen molar-refractivity contribution in [3.8, 4) is 5.75 Å². The normalized spacial score (nSPS) is 11.0. The van der Waals surface area contributed by atoms with Crippen molar-refractivity contribution in [2.24, 2.45) is 0 Å². The van der Waals surface area contributed by atoms with Gasteiger partial charge in [0, 0.05) is 59.4 Å². The Morgan fingerprint density at radius 3 is 2.43 bits per heavy atom. The summed E-state index contributed by atoms with van der Waals surface area (Å²) >= 11 is 6.32. The molecule has 0 bridgehead atoms. The number of anilines is 2. The number of nitrogens with one attached hydrogen (secondary N) is 2. The van der Waals surface area contributed by atoms with Crippen LogP contribution in [0.2, 0.25) is 5.02 Å². The van der Waals surface area contributed by atoms with Crippen LogP contribution in [0.25, 0.3) is 0 Å². The topological polar surface area (TPSA) is 83.6 Å². The zero-order chi connectivity index (χ0) is 25.3. The van der Waals surface area contributed by atoms with E-state index in [-0.39, 0.29) is 30.3 Å². The molecule has 0 aliphatic rings. The fourth-order valence-corrected chi connectivity index (χ4v) is 3.63. The van der Waals surface area contributed by atoms with Gasteiger partial charge in [-0.15, -0.1) is 0 Å². The minimum atomic E-state index is -0.343. The Bertz CT molecular complexity index is 1120. The largest absolute Gasteiger partial charge is 0.492 e. The highest BCUT2D eigenvalue weighted by molar-refractivity contribution is 6.31. The van der Waals surface area contributed by atoms with Crippen molar-refractivity contribution in [2.45, 2.75) is 32.7 Å². The van der Waals surface area contributed by atoms with Gasteiger partial charge in [0.05, 0.1) is 0 Å². The second kappa shape index (κ2) is 12.2. The summed E-state index contributed by atoms with van der Waals surface area (Å²) in [6, 6.07) is 18.0. The van der Waals surface area contributed by atoms with E-state index < -0.39 is 0 Å². The molecule has 0 radical (unpaired) electrons. The number of carbonyl (C=O) groups excluding carboxylic acids is 2. The summed E-state index contributed by atoms with van der Waals surface area (Å²) < 4.78 is 5.84. The van der Waals surface area contributed by atoms with E-state index in [0.29, 0.717) is 35.2 Å². The number of hydrogen-bond donors (Lipinski definition) is 2. The molecule has 184 valence electrons. The molecule has 0 atom stereocenters. The SMILES string of the molecule is CC(C)(C)NC(=O)CCN(C(=O)c1cc(Cl)cc(OCCNc2ccncc2)c1)c1ccccc1. The van der Waals surface area contributed by atoms with Gasteiger partial charge in [-0.3, -0.25) is 14.6 Å². The van der Waals surface area contributed by atoms with Crippen molar-refractivity contribution in [3.63, 3.8) is 0 Å². The van der Waals surface area contributed by atoms with Crippen molar-refractivity contribution >= 4 is 34.8 Å². The minimum Gasteiger partial charge on any atom is -0.492 e. The number of halogens is 1. The molecule has 1 heterocycles. The van der Waals surface area contributed by atoms with Crippen LogP contribution in [0.4, 0.5) is 11.4 Å². The molecule has 3 aromatic rings. The molecule has 35 heavy (non-hydrogen) atoms. The number of para-hydroxylation sites is 1. The molecule has 7 nitrogen and oxygen atoms in total. The molecule has 2 N–H and O–H groups in total. The van der Waals surface area contributed by atoms with Crippen LogP contribution in [0.15, 0.2) is 73.1 Å². The number of nitrogens with zero attached hydrogens (tertiary/aromatic N) is 2. The number of aromatic nitrogens is 1. The Hall–Kier alpha value is -3.58. The van der Waals surface area contributed by atoms with Gasteiger partial charge in [-0.2, -0.15) is 0 Å². The number of pyridine rings is 1. The monoisotopic (exact) mass is 494 g/mol. The molecule has 0 fully saturated rings. The zero-order valence-corrected chi connectivity index (χ0v) is 21.0. The van der Waals surface area contributed by atoms with Crippen LogP contribution in [0.5, 0.6) is 5.75 Å². The van der Waals surface area contributed by atoms with E-state index in [9.17, 15) is 9.59 Å². The van der Waals surface area contributed by atoms with Crippen molar-refractivity contribution in [1.29, 1.82) is 0 Å². The van der Waals surface area contributed by atoms with Crippen LogP contribution in [-0.4, -0.2) is 42.0 Å². The van der Waals surface area contributed by atoms with Gasteiger partial charge in [0.2, 0.25) is 5.91 Å². The molecular weight excluding hydrogens is 464 g/mol. The van der Waals surface area contributed by atoms with Crippen LogP contribution in [-0.2, 0) is 4.79 Å². The van der Waals surface area contributed by atoms with E-state index in [4.69, 9.17) is 16.3 Å². The third-order valence-electron chi connectivity index (χ3n) is 4.89. The Morgan fingerprint density at radius 1 is 1.03 bits per heavy atom. The van der Waals surface area contributed by atoms with Gasteiger partial charge in [-0.05, 0) is 63.2 Å². The molecule has 0 spiro atoms. The minimum absolute atomic E-state index is 0.122. The molecular formula is C27H31ClN4O3. The lowest BCUT2D eigenvalue weighted by molar-refractivity contribution is -0.122. The number of hydrogen-bond acceptors (Lipinski definition) is 5. The van der Waals surface area contributed by atoms with Gasteiger partial charge in [0.15, 0.2) is 0 Å². The predicted molar refractivity (Wildman–Crippen MR) is 140 cm³/mol. The second-order valence-corrected chi connectivity index (χ2v) is 9.46. The zero-order valence-electron chi connectivity index (χ0n) is 20.3. The molecule has 8 heteroatoms. The smallest absolute Gasteiger partial charge is 0.258 e. The summed E-state index contributed by atoms with van der Waals surface area (Å²) in [6.07, 6.45) is 3.59. The van der Waals surface area contributed by atoms with Crippen LogP contribution in [0.1, 0.15) is 37.6 Å². The van der Waals surface area contributed by atoms with Crippen LogP contribution < -0.4 is 20.3 Å². The van der Waals surface area contributed by atoms with E-state index in [2.05, 4.69) is 15.6 Å². The summed E-state index contributed by atoms with van der Waals surface area (Å²) in [5.41, 5.74) is 1.68. The highest BCUT2D eigenvalue weighted by Crippen LogP contribution is 2.24. The predicted octanol–water partition coefficient (Wildman–Crippen LogP) is 5.18. The molecule has 0 saturated heterocycles. The first-order valence-corrected chi connectivity index (χ1v) is 11.8. The van der Waals surface area contributed by atoms with Crippen molar-refractivity contribution in [3.05, 3.63) is 83.6 Å². The Kier molecular flexibility index (Phi) is 9.09. The quantitative estimate of drug-likeness (QED) is 0.379. The first kappa shape index (κ1) is 26.0. The van der Waals surface area contributed by atoms with Crippen LogP contribution in [0.3, 0.4) is 0 Å². The highest BCUT2D eigenvalue weighted by Gasteiger charge is 2.21. The lowest BCUT2D eigenvalue weighted by Crippen LogP contribution is -2.42. The average molecular weight is 495 g/mol. The van der Waals surface area contributed by atoms with E-state index in [1.54, 1.807) is 35.5 Å². The molecule has 2 aromatic carbocycles. The Balaban J connectivity index is 1.70. The summed E-state index contributed by atoms with van der Waals surface area (Å²) in [6.45, 7) is 6.94. The van der Waals surface area contributed by atoms with E-state index in [1.807, 2.05) is 63.2 Å². The number of amides is 2. The fraction of sp³-hybridized carbons (Fsp3) is 0.296. The number of ether oxygens (including phenoxy) is 1. The van der Waals surface area contributed by atoms with Crippen molar-refractivity contribution < 1.29 is 14.3 Å². The highest BCUT2D eigenvalue weighted by atomic mass is 35.5. The standard InChI is InChI=1S/C27H31ClN4O3/c1-27(2,3)31-25(33)11-15-32(23-7-5-4-6-8-23)26(34)20-17-21(28)19-24(18-20)35-16-14-30-22-9-12-29-13-10-22/h4-10,12-13,17-19H,11,14-16H2,1-3H3,(H,29,30)(H,31,33). The first-order chi connectivity index (χ1) is 16.7. The average Bonchev–Trinajstić information content (AvgIpc) is 2.82. The second-order valence-electron chi connectivity index (χ2n) is 9.03. The third-order valence-corrected chi connectivity index (χ3v) is 5.11. The maximum Gasteiger partial charge on any atom is 0.258 e. The van der Waals surface area contributed by atoms with Crippen molar-refractivity contribution in [2.75, 3.05) is 29.9 Å².